The molecular formula is C4H5IN2OS. The van der Waals surface area contributed by atoms with Gasteiger partial charge in [-0.2, -0.15) is 0 Å². The molecule has 50 valence electrons. The average Bonchev–Trinajstić information content (AvgIpc) is 2.18. The van der Waals surface area contributed by atoms with E-state index in [1.165, 1.54) is 12.0 Å². The fraction of sp³-hybridized carbons (Fsp3) is 0.250. The van der Waals surface area contributed by atoms with E-state index < -0.39 is 0 Å². The van der Waals surface area contributed by atoms with E-state index in [0.717, 1.165) is 0 Å². The molecule has 5 heteroatoms. The lowest BCUT2D eigenvalue weighted by molar-refractivity contribution is 0.594. The lowest BCUT2D eigenvalue weighted by Crippen LogP contribution is -1.84. The first-order valence-electron chi connectivity index (χ1n) is 2.25. The third kappa shape index (κ3) is 1.75. The molecule has 0 aliphatic carbocycles. The van der Waals surface area contributed by atoms with Gasteiger partial charge in [0.1, 0.15) is 0 Å². The zero-order valence-corrected chi connectivity index (χ0v) is 7.72. The lowest BCUT2D eigenvalue weighted by atomic mass is 11.0. The van der Waals surface area contributed by atoms with Gasteiger partial charge in [-0.3, -0.25) is 0 Å². The predicted molar refractivity (Wildman–Crippen MR) is 45.8 cm³/mol. The van der Waals surface area contributed by atoms with Gasteiger partial charge in [-0.25, -0.2) is 7.76 Å². The Bertz CT molecular complexity index is 190. The maximum atomic E-state index is 5.04. The number of imidazole rings is 1. The molecule has 0 saturated heterocycles. The largest absolute Gasteiger partial charge is 0.390 e. The van der Waals surface area contributed by atoms with Crippen molar-refractivity contribution in [3.63, 3.8) is 0 Å². The fourth-order valence-corrected chi connectivity index (χ4v) is 1.18. The number of aromatic nitrogens is 2. The molecule has 0 fully saturated rings. The van der Waals surface area contributed by atoms with Gasteiger partial charge in [-0.1, -0.05) is 0 Å². The Labute approximate surface area is 71.5 Å². The first-order valence-corrected chi connectivity index (χ1v) is 4.36. The Balaban J connectivity index is 2.69. The number of hydrogen-bond acceptors (Lipinski definition) is 3. The quantitative estimate of drug-likeness (QED) is 0.595. The van der Waals surface area contributed by atoms with E-state index >= 15 is 0 Å². The summed E-state index contributed by atoms with van der Waals surface area (Å²) in [5.74, 6) is 0. The van der Waals surface area contributed by atoms with Crippen LogP contribution in [-0.4, -0.2) is 14.0 Å². The van der Waals surface area contributed by atoms with E-state index in [-0.39, 0.29) is 0 Å². The SMILES string of the molecule is CSOc1nccn1I. The standard InChI is InChI=1S/C4H5IN2OS/c1-9-8-4-6-2-3-7(4)5/h2-3H,1H3. The summed E-state index contributed by atoms with van der Waals surface area (Å²) in [5.41, 5.74) is 0. The highest BCUT2D eigenvalue weighted by Gasteiger charge is 1.97. The molecule has 0 aromatic carbocycles. The van der Waals surface area contributed by atoms with Crippen molar-refractivity contribution in [2.45, 2.75) is 0 Å². The second kappa shape index (κ2) is 3.31. The Morgan fingerprint density at radius 1 is 1.89 bits per heavy atom. The third-order valence-corrected chi connectivity index (χ3v) is 1.77. The first-order chi connectivity index (χ1) is 4.34. The minimum absolute atomic E-state index is 0.628. The average molecular weight is 256 g/mol. The second-order valence-corrected chi connectivity index (χ2v) is 2.81. The Morgan fingerprint density at radius 2 is 2.67 bits per heavy atom. The van der Waals surface area contributed by atoms with Gasteiger partial charge in [0.2, 0.25) is 0 Å². The van der Waals surface area contributed by atoms with Crippen molar-refractivity contribution in [1.29, 1.82) is 0 Å². The highest BCUT2D eigenvalue weighted by Crippen LogP contribution is 2.14. The lowest BCUT2D eigenvalue weighted by Gasteiger charge is -1.95. The molecule has 1 aromatic heterocycles. The summed E-state index contributed by atoms with van der Waals surface area (Å²) in [7, 11) is 0. The van der Waals surface area contributed by atoms with Crippen LogP contribution in [0.25, 0.3) is 0 Å². The molecule has 0 N–H and O–H groups in total. The summed E-state index contributed by atoms with van der Waals surface area (Å²) < 4.78 is 6.82. The number of rotatable bonds is 2. The maximum absolute atomic E-state index is 5.04. The van der Waals surface area contributed by atoms with E-state index in [4.69, 9.17) is 4.18 Å². The van der Waals surface area contributed by atoms with E-state index in [0.29, 0.717) is 6.01 Å². The van der Waals surface area contributed by atoms with Crippen LogP contribution in [0.1, 0.15) is 0 Å². The molecule has 1 aromatic rings. The van der Waals surface area contributed by atoms with Crippen molar-refractivity contribution >= 4 is 34.9 Å². The molecule has 1 heterocycles. The van der Waals surface area contributed by atoms with Crippen LogP contribution in [0.3, 0.4) is 0 Å². The van der Waals surface area contributed by atoms with E-state index in [9.17, 15) is 0 Å². The van der Waals surface area contributed by atoms with Crippen LogP contribution in [-0.2, 0) is 0 Å². The highest BCUT2D eigenvalue weighted by molar-refractivity contribution is 14.1. The molecule has 0 unspecified atom stereocenters. The molecule has 0 spiro atoms. The zero-order valence-electron chi connectivity index (χ0n) is 4.74. The molecule has 0 aliphatic rings. The summed E-state index contributed by atoms with van der Waals surface area (Å²) in [5, 5.41) is 0. The summed E-state index contributed by atoms with van der Waals surface area (Å²) >= 11 is 3.38. The summed E-state index contributed by atoms with van der Waals surface area (Å²) in [6.07, 6.45) is 5.37. The van der Waals surface area contributed by atoms with Crippen molar-refractivity contribution in [3.8, 4) is 6.01 Å². The molecule has 3 nitrogen and oxygen atoms in total. The monoisotopic (exact) mass is 256 g/mol. The van der Waals surface area contributed by atoms with Crippen LogP contribution in [0.2, 0.25) is 0 Å². The van der Waals surface area contributed by atoms with Crippen LogP contribution in [0.5, 0.6) is 6.01 Å². The van der Waals surface area contributed by atoms with E-state index in [2.05, 4.69) is 27.8 Å². The maximum Gasteiger partial charge on any atom is 0.317 e. The van der Waals surface area contributed by atoms with Crippen molar-refractivity contribution in [1.82, 2.24) is 7.76 Å². The van der Waals surface area contributed by atoms with Crippen LogP contribution in [0, 0.1) is 0 Å². The van der Waals surface area contributed by atoms with E-state index in [1.807, 2.05) is 12.5 Å². The van der Waals surface area contributed by atoms with Gasteiger partial charge in [-0.15, -0.1) is 0 Å². The first kappa shape index (κ1) is 7.20. The van der Waals surface area contributed by atoms with Crippen LogP contribution >= 0.6 is 34.9 Å². The molecule has 0 saturated carbocycles. The Kier molecular flexibility index (Phi) is 2.65. The van der Waals surface area contributed by atoms with Crippen LogP contribution in [0.4, 0.5) is 0 Å². The zero-order chi connectivity index (χ0) is 6.69. The summed E-state index contributed by atoms with van der Waals surface area (Å²) in [6.45, 7) is 0. The topological polar surface area (TPSA) is 27.1 Å². The van der Waals surface area contributed by atoms with Gasteiger partial charge in [0.05, 0.1) is 34.9 Å². The molecule has 0 aliphatic heterocycles. The normalized spacial score (nSPS) is 9.56. The minimum atomic E-state index is 0.628. The van der Waals surface area contributed by atoms with Crippen LogP contribution < -0.4 is 4.18 Å². The number of nitrogens with zero attached hydrogens (tertiary/aromatic N) is 2. The van der Waals surface area contributed by atoms with Crippen molar-refractivity contribution in [2.24, 2.45) is 0 Å². The van der Waals surface area contributed by atoms with Gasteiger partial charge in [0.15, 0.2) is 0 Å². The minimum Gasteiger partial charge on any atom is -0.390 e. The Morgan fingerprint density at radius 3 is 3.11 bits per heavy atom. The molecule has 0 radical (unpaired) electrons. The van der Waals surface area contributed by atoms with Crippen molar-refractivity contribution in [3.05, 3.63) is 12.4 Å². The predicted octanol–water partition coefficient (Wildman–Crippen LogP) is 1.74. The molecule has 0 atom stereocenters. The highest BCUT2D eigenvalue weighted by atomic mass is 127. The van der Waals surface area contributed by atoms with Gasteiger partial charge in [-0.05, 0) is 0 Å². The van der Waals surface area contributed by atoms with Gasteiger partial charge in [0, 0.05) is 18.6 Å². The van der Waals surface area contributed by atoms with Crippen molar-refractivity contribution < 1.29 is 4.18 Å². The van der Waals surface area contributed by atoms with Gasteiger partial charge >= 0.3 is 6.01 Å². The molecular weight excluding hydrogens is 251 g/mol. The third-order valence-electron chi connectivity index (χ3n) is 0.723. The Hall–Kier alpha value is 0.0900. The van der Waals surface area contributed by atoms with Crippen LogP contribution in [0.15, 0.2) is 12.4 Å². The van der Waals surface area contributed by atoms with Crippen molar-refractivity contribution in [2.75, 3.05) is 6.26 Å². The number of halogens is 1. The summed E-state index contributed by atoms with van der Waals surface area (Å²) in [6, 6.07) is 0.628. The summed E-state index contributed by atoms with van der Waals surface area (Å²) in [4.78, 5) is 3.92. The molecule has 9 heavy (non-hydrogen) atoms. The van der Waals surface area contributed by atoms with E-state index in [1.54, 1.807) is 8.98 Å². The van der Waals surface area contributed by atoms with Gasteiger partial charge < -0.3 is 4.18 Å². The second-order valence-electron chi connectivity index (χ2n) is 1.27. The number of hydrogen-bond donors (Lipinski definition) is 0. The molecule has 0 bridgehead atoms. The molecule has 1 rings (SSSR count). The van der Waals surface area contributed by atoms with Gasteiger partial charge in [0.25, 0.3) is 0 Å². The fourth-order valence-electron chi connectivity index (χ4n) is 0.406. The molecule has 0 amide bonds. The smallest absolute Gasteiger partial charge is 0.317 e.